The Morgan fingerprint density at radius 2 is 1.25 bits per heavy atom. The summed E-state index contributed by atoms with van der Waals surface area (Å²) in [4.78, 5) is 32.7. The molecule has 0 atom stereocenters. The molecule has 6 nitrogen and oxygen atoms in total. The van der Waals surface area contributed by atoms with E-state index in [2.05, 4.69) is 5.32 Å². The third kappa shape index (κ3) is 16.7. The minimum absolute atomic E-state index is 0.162. The van der Waals surface area contributed by atoms with Gasteiger partial charge in [-0.15, -0.1) is 0 Å². The van der Waals surface area contributed by atoms with Gasteiger partial charge in [-0.2, -0.15) is 0 Å². The van der Waals surface area contributed by atoms with Gasteiger partial charge in [0, 0.05) is 25.1 Å². The van der Waals surface area contributed by atoms with Gasteiger partial charge < -0.3 is 16.8 Å². The molecule has 0 unspecified atom stereocenters. The van der Waals surface area contributed by atoms with E-state index in [1.165, 1.54) is 38.5 Å². The number of amides is 2. The van der Waals surface area contributed by atoms with Crippen molar-refractivity contribution >= 4 is 17.6 Å². The second-order valence-electron chi connectivity index (χ2n) is 6.06. The monoisotopic (exact) mass is 339 g/mol. The van der Waals surface area contributed by atoms with E-state index in [1.807, 2.05) is 0 Å². The quantitative estimate of drug-likeness (QED) is 0.294. The molecule has 5 N–H and O–H groups in total. The normalized spacial score (nSPS) is 10.9. The van der Waals surface area contributed by atoms with E-state index in [1.54, 1.807) is 0 Å². The molecule has 0 saturated carbocycles. The van der Waals surface area contributed by atoms with Crippen molar-refractivity contribution in [1.82, 2.24) is 5.32 Å². The van der Waals surface area contributed by atoms with Crippen molar-refractivity contribution < 1.29 is 14.4 Å². The molecule has 0 aromatic carbocycles. The van der Waals surface area contributed by atoms with Gasteiger partial charge >= 0.3 is 0 Å². The van der Waals surface area contributed by atoms with Crippen molar-refractivity contribution in [1.29, 1.82) is 0 Å². The molecule has 2 amide bonds. The van der Waals surface area contributed by atoms with Gasteiger partial charge in [-0.25, -0.2) is 0 Å². The van der Waals surface area contributed by atoms with Crippen LogP contribution in [0.3, 0.4) is 0 Å². The smallest absolute Gasteiger partial charge is 0.244 e. The summed E-state index contributed by atoms with van der Waals surface area (Å²) in [5, 5.41) is 2.72. The lowest BCUT2D eigenvalue weighted by Gasteiger charge is -2.03. The number of nitrogens with two attached hydrogens (primary N) is 2. The number of nitrogens with one attached hydrogen (secondary N) is 1. The van der Waals surface area contributed by atoms with Gasteiger partial charge in [-0.1, -0.05) is 51.4 Å². The number of Topliss-reactive ketones (excluding diaryl/α,β-unsaturated/α-hetero) is 1. The first-order valence-electron chi connectivity index (χ1n) is 9.03. The Balaban J connectivity index is 3.22. The largest absolute Gasteiger partial charge is 0.366 e. The van der Waals surface area contributed by atoms with Crippen molar-refractivity contribution in [2.24, 2.45) is 11.5 Å². The summed E-state index contributed by atoms with van der Waals surface area (Å²) in [6.45, 7) is 0.803. The van der Waals surface area contributed by atoms with Gasteiger partial charge in [0.15, 0.2) is 0 Å². The summed E-state index contributed by atoms with van der Waals surface area (Å²) >= 11 is 0. The summed E-state index contributed by atoms with van der Waals surface area (Å²) in [5.74, 6) is -0.730. The molecular weight excluding hydrogens is 306 g/mol. The number of carbonyl (C=O) groups excluding carboxylic acids is 3. The first-order valence-corrected chi connectivity index (χ1v) is 9.03. The Morgan fingerprint density at radius 3 is 1.75 bits per heavy atom. The van der Waals surface area contributed by atoms with Gasteiger partial charge in [0.2, 0.25) is 11.8 Å². The lowest BCUT2D eigenvalue weighted by atomic mass is 10.0. The predicted octanol–water partition coefficient (Wildman–Crippen LogP) is 1.96. The van der Waals surface area contributed by atoms with E-state index in [4.69, 9.17) is 11.5 Å². The van der Waals surface area contributed by atoms with Gasteiger partial charge in [-0.05, 0) is 12.8 Å². The fourth-order valence-electron chi connectivity index (χ4n) is 2.39. The third-order valence-electron chi connectivity index (χ3n) is 3.81. The highest BCUT2D eigenvalue weighted by Gasteiger charge is 1.98. The van der Waals surface area contributed by atoms with Crippen molar-refractivity contribution in [2.75, 3.05) is 13.1 Å². The highest BCUT2D eigenvalue weighted by Crippen LogP contribution is 2.11. The van der Waals surface area contributed by atoms with Crippen LogP contribution in [0.15, 0.2) is 12.2 Å². The maximum absolute atomic E-state index is 11.3. The highest BCUT2D eigenvalue weighted by atomic mass is 16.2. The van der Waals surface area contributed by atoms with Crippen LogP contribution in [-0.2, 0) is 14.4 Å². The molecule has 24 heavy (non-hydrogen) atoms. The van der Waals surface area contributed by atoms with E-state index in [9.17, 15) is 14.4 Å². The Bertz CT molecular complexity index is 395. The molecular formula is C18H33N3O3. The zero-order valence-corrected chi connectivity index (χ0v) is 14.7. The van der Waals surface area contributed by atoms with E-state index in [0.29, 0.717) is 13.0 Å². The number of ketones is 1. The number of carbonyl (C=O) groups is 3. The summed E-state index contributed by atoms with van der Waals surface area (Å²) in [7, 11) is 0. The minimum atomic E-state index is -0.616. The van der Waals surface area contributed by atoms with Crippen LogP contribution in [0, 0.1) is 0 Å². The minimum Gasteiger partial charge on any atom is -0.366 e. The van der Waals surface area contributed by atoms with Gasteiger partial charge in [0.05, 0.1) is 6.54 Å². The van der Waals surface area contributed by atoms with E-state index in [-0.39, 0.29) is 18.2 Å². The first-order chi connectivity index (χ1) is 11.6. The van der Waals surface area contributed by atoms with Crippen LogP contribution in [0.5, 0.6) is 0 Å². The molecule has 0 aliphatic heterocycles. The van der Waals surface area contributed by atoms with Crippen molar-refractivity contribution in [3.8, 4) is 0 Å². The van der Waals surface area contributed by atoms with Crippen LogP contribution >= 0.6 is 0 Å². The molecule has 0 rings (SSSR count). The zero-order chi connectivity index (χ0) is 18.0. The third-order valence-corrected chi connectivity index (χ3v) is 3.81. The van der Waals surface area contributed by atoms with E-state index in [0.717, 1.165) is 37.8 Å². The summed E-state index contributed by atoms with van der Waals surface area (Å²) < 4.78 is 0. The molecule has 0 bridgehead atoms. The van der Waals surface area contributed by atoms with Crippen LogP contribution < -0.4 is 16.8 Å². The van der Waals surface area contributed by atoms with Crippen molar-refractivity contribution in [3.63, 3.8) is 0 Å². The Hall–Kier alpha value is -1.69. The zero-order valence-electron chi connectivity index (χ0n) is 14.7. The fraction of sp³-hybridized carbons (Fsp3) is 0.722. The molecule has 0 aromatic rings. The van der Waals surface area contributed by atoms with Crippen LogP contribution in [0.25, 0.3) is 0 Å². The Morgan fingerprint density at radius 1 is 0.750 bits per heavy atom. The molecule has 0 heterocycles. The molecule has 0 aliphatic rings. The molecule has 0 aliphatic carbocycles. The van der Waals surface area contributed by atoms with Crippen molar-refractivity contribution in [3.05, 3.63) is 12.2 Å². The summed E-state index contributed by atoms with van der Waals surface area (Å²) in [5.41, 5.74) is 10.2. The number of hydrogen-bond acceptors (Lipinski definition) is 4. The lowest BCUT2D eigenvalue weighted by Crippen LogP contribution is -2.22. The fourth-order valence-corrected chi connectivity index (χ4v) is 2.39. The van der Waals surface area contributed by atoms with Crippen molar-refractivity contribution in [2.45, 2.75) is 70.6 Å². The molecule has 0 fully saturated rings. The van der Waals surface area contributed by atoms with Crippen LogP contribution in [-0.4, -0.2) is 30.7 Å². The van der Waals surface area contributed by atoms with Crippen LogP contribution in [0.4, 0.5) is 0 Å². The number of unbranched alkanes of at least 4 members (excludes halogenated alkanes) is 9. The van der Waals surface area contributed by atoms with E-state index >= 15 is 0 Å². The maximum Gasteiger partial charge on any atom is 0.244 e. The predicted molar refractivity (Wildman–Crippen MR) is 96.2 cm³/mol. The molecule has 0 spiro atoms. The molecule has 0 saturated heterocycles. The maximum atomic E-state index is 11.3. The number of rotatable bonds is 16. The second-order valence-corrected chi connectivity index (χ2v) is 6.06. The van der Waals surface area contributed by atoms with Gasteiger partial charge in [-0.3, -0.25) is 14.4 Å². The molecule has 6 heteroatoms. The SMILES string of the molecule is NCC(=O)CCCCCCCCCCCCNC(=O)C=CC(N)=O. The lowest BCUT2D eigenvalue weighted by molar-refractivity contribution is -0.118. The summed E-state index contributed by atoms with van der Waals surface area (Å²) in [6, 6.07) is 0. The topological polar surface area (TPSA) is 115 Å². The molecule has 0 radical (unpaired) electrons. The van der Waals surface area contributed by atoms with Crippen LogP contribution in [0.2, 0.25) is 0 Å². The Labute approximate surface area is 145 Å². The summed E-state index contributed by atoms with van der Waals surface area (Å²) in [6.07, 6.45) is 14.3. The molecule has 138 valence electrons. The number of hydrogen-bond donors (Lipinski definition) is 3. The number of primary amides is 1. The van der Waals surface area contributed by atoms with Gasteiger partial charge in [0.25, 0.3) is 0 Å². The average Bonchev–Trinajstić information content (AvgIpc) is 2.56. The first kappa shape index (κ1) is 22.3. The standard InChI is InChI=1S/C18H33N3O3/c19-15-16(22)11-9-7-5-3-1-2-4-6-8-10-14-21-18(24)13-12-17(20)23/h12-13H,1-11,14-15,19H2,(H2,20,23)(H,21,24). The Kier molecular flexibility index (Phi) is 15.0. The average molecular weight is 339 g/mol. The van der Waals surface area contributed by atoms with Crippen LogP contribution in [0.1, 0.15) is 70.6 Å². The van der Waals surface area contributed by atoms with Gasteiger partial charge in [0.1, 0.15) is 5.78 Å². The highest BCUT2D eigenvalue weighted by molar-refractivity contribution is 5.95. The second kappa shape index (κ2) is 16.2. The molecule has 0 aromatic heterocycles. The van der Waals surface area contributed by atoms with E-state index < -0.39 is 5.91 Å².